The molecule has 1 amide bonds. The molecule has 0 heterocycles. The fourth-order valence-corrected chi connectivity index (χ4v) is 2.79. The van der Waals surface area contributed by atoms with Gasteiger partial charge in [0.1, 0.15) is 0 Å². The topological polar surface area (TPSA) is 46.3 Å². The van der Waals surface area contributed by atoms with Crippen LogP contribution >= 0.6 is 12.4 Å². The van der Waals surface area contributed by atoms with E-state index in [-0.39, 0.29) is 23.7 Å². The molecule has 1 aliphatic rings. The highest BCUT2D eigenvalue weighted by Gasteiger charge is 2.22. The third kappa shape index (κ3) is 7.17. The molecule has 1 saturated carbocycles. The van der Waals surface area contributed by atoms with Gasteiger partial charge in [-0.05, 0) is 24.3 Å². The van der Waals surface area contributed by atoms with Crippen molar-refractivity contribution < 1.29 is 4.79 Å². The molecule has 114 valence electrons. The third-order valence-electron chi connectivity index (χ3n) is 4.13. The first-order valence-electron chi connectivity index (χ1n) is 7.38. The molecule has 0 unspecified atom stereocenters. The first-order chi connectivity index (χ1) is 8.44. The Morgan fingerprint density at radius 2 is 1.84 bits per heavy atom. The standard InChI is InChI=1S/C15H30N2O.ClH/c1-15(2,11-16)12-17(3)14(18)10-9-13-7-5-4-6-8-13;/h13H,4-12,16H2,1-3H3;1H. The highest BCUT2D eigenvalue weighted by atomic mass is 35.5. The lowest BCUT2D eigenvalue weighted by Gasteiger charge is -2.29. The van der Waals surface area contributed by atoms with E-state index in [2.05, 4.69) is 13.8 Å². The number of carbonyl (C=O) groups is 1. The maximum absolute atomic E-state index is 12.1. The zero-order valence-electron chi connectivity index (χ0n) is 12.8. The van der Waals surface area contributed by atoms with Crippen LogP contribution in [0.3, 0.4) is 0 Å². The van der Waals surface area contributed by atoms with Gasteiger partial charge in [0.05, 0.1) is 0 Å². The second-order valence-corrected chi connectivity index (χ2v) is 6.66. The van der Waals surface area contributed by atoms with Crippen LogP contribution in [0.15, 0.2) is 0 Å². The number of hydrogen-bond acceptors (Lipinski definition) is 2. The summed E-state index contributed by atoms with van der Waals surface area (Å²) in [6.45, 7) is 5.59. The van der Waals surface area contributed by atoms with Crippen LogP contribution in [0.1, 0.15) is 58.8 Å². The minimum absolute atomic E-state index is 0. The van der Waals surface area contributed by atoms with Gasteiger partial charge in [0, 0.05) is 20.0 Å². The molecule has 0 bridgehead atoms. The van der Waals surface area contributed by atoms with E-state index in [1.165, 1.54) is 32.1 Å². The highest BCUT2D eigenvalue weighted by Crippen LogP contribution is 2.27. The van der Waals surface area contributed by atoms with Crippen molar-refractivity contribution in [3.8, 4) is 0 Å². The fraction of sp³-hybridized carbons (Fsp3) is 0.933. The molecule has 1 aliphatic carbocycles. The van der Waals surface area contributed by atoms with Gasteiger partial charge in [0.2, 0.25) is 5.91 Å². The van der Waals surface area contributed by atoms with Crippen LogP contribution in [0, 0.1) is 11.3 Å². The lowest BCUT2D eigenvalue weighted by Crippen LogP contribution is -2.39. The summed E-state index contributed by atoms with van der Waals surface area (Å²) in [5.74, 6) is 1.07. The molecular weight excluding hydrogens is 260 g/mol. The molecule has 1 fully saturated rings. The molecule has 0 saturated heterocycles. The first-order valence-corrected chi connectivity index (χ1v) is 7.38. The van der Waals surface area contributed by atoms with Crippen molar-refractivity contribution in [2.45, 2.75) is 58.8 Å². The van der Waals surface area contributed by atoms with Crippen molar-refractivity contribution in [2.24, 2.45) is 17.1 Å². The number of nitrogens with two attached hydrogens (primary N) is 1. The van der Waals surface area contributed by atoms with Crippen LogP contribution < -0.4 is 5.73 Å². The Labute approximate surface area is 124 Å². The van der Waals surface area contributed by atoms with Gasteiger partial charge in [0.25, 0.3) is 0 Å². The Morgan fingerprint density at radius 1 is 1.26 bits per heavy atom. The van der Waals surface area contributed by atoms with E-state index in [0.29, 0.717) is 13.0 Å². The average molecular weight is 291 g/mol. The second-order valence-electron chi connectivity index (χ2n) is 6.66. The zero-order chi connectivity index (χ0) is 13.6. The number of hydrogen-bond donors (Lipinski definition) is 1. The van der Waals surface area contributed by atoms with Gasteiger partial charge in [-0.2, -0.15) is 0 Å². The minimum Gasteiger partial charge on any atom is -0.345 e. The molecule has 0 aromatic rings. The second kappa shape index (κ2) is 8.80. The summed E-state index contributed by atoms with van der Waals surface area (Å²) < 4.78 is 0. The first kappa shape index (κ1) is 18.7. The van der Waals surface area contributed by atoms with Crippen molar-refractivity contribution in [3.05, 3.63) is 0 Å². The molecule has 0 atom stereocenters. The third-order valence-corrected chi connectivity index (χ3v) is 4.13. The molecule has 0 aromatic carbocycles. The van der Waals surface area contributed by atoms with E-state index in [4.69, 9.17) is 5.73 Å². The number of halogens is 1. The lowest BCUT2D eigenvalue weighted by molar-refractivity contribution is -0.131. The van der Waals surface area contributed by atoms with E-state index in [1.807, 2.05) is 11.9 Å². The maximum Gasteiger partial charge on any atom is 0.222 e. The Balaban J connectivity index is 0.00000324. The summed E-state index contributed by atoms with van der Waals surface area (Å²) in [5, 5.41) is 0. The van der Waals surface area contributed by atoms with Crippen LogP contribution in [0.5, 0.6) is 0 Å². The van der Waals surface area contributed by atoms with E-state index >= 15 is 0 Å². The molecule has 4 heteroatoms. The maximum atomic E-state index is 12.1. The monoisotopic (exact) mass is 290 g/mol. The Hall–Kier alpha value is -0.280. The van der Waals surface area contributed by atoms with Crippen LogP contribution in [-0.2, 0) is 4.79 Å². The number of rotatable bonds is 6. The molecule has 2 N–H and O–H groups in total. The molecule has 0 aliphatic heterocycles. The van der Waals surface area contributed by atoms with Crippen LogP contribution in [0.4, 0.5) is 0 Å². The van der Waals surface area contributed by atoms with Gasteiger partial charge < -0.3 is 10.6 Å². The van der Waals surface area contributed by atoms with Crippen molar-refractivity contribution in [1.82, 2.24) is 4.90 Å². The summed E-state index contributed by atoms with van der Waals surface area (Å²) in [4.78, 5) is 13.9. The fourth-order valence-electron chi connectivity index (χ4n) is 2.79. The van der Waals surface area contributed by atoms with E-state index in [1.54, 1.807) is 0 Å². The van der Waals surface area contributed by atoms with Gasteiger partial charge in [-0.1, -0.05) is 46.0 Å². The van der Waals surface area contributed by atoms with Crippen molar-refractivity contribution in [3.63, 3.8) is 0 Å². The largest absolute Gasteiger partial charge is 0.345 e. The lowest BCUT2D eigenvalue weighted by atomic mass is 9.86. The number of amides is 1. The van der Waals surface area contributed by atoms with Gasteiger partial charge in [-0.3, -0.25) is 4.79 Å². The normalized spacial score (nSPS) is 16.8. The van der Waals surface area contributed by atoms with E-state index in [9.17, 15) is 4.79 Å². The SMILES string of the molecule is CN(CC(C)(C)CN)C(=O)CCC1CCCCC1.Cl. The van der Waals surface area contributed by atoms with Crippen molar-refractivity contribution in [1.29, 1.82) is 0 Å². The summed E-state index contributed by atoms with van der Waals surface area (Å²) in [7, 11) is 1.90. The summed E-state index contributed by atoms with van der Waals surface area (Å²) in [5.41, 5.74) is 5.73. The molecule has 0 radical (unpaired) electrons. The minimum atomic E-state index is 0. The number of carbonyl (C=O) groups excluding carboxylic acids is 1. The smallest absolute Gasteiger partial charge is 0.222 e. The summed E-state index contributed by atoms with van der Waals surface area (Å²) >= 11 is 0. The Kier molecular flexibility index (Phi) is 8.67. The van der Waals surface area contributed by atoms with Gasteiger partial charge in [-0.15, -0.1) is 12.4 Å². The predicted octanol–water partition coefficient (Wildman–Crippen LogP) is 3.21. The summed E-state index contributed by atoms with van der Waals surface area (Å²) in [6.07, 6.45) is 8.53. The van der Waals surface area contributed by atoms with Gasteiger partial charge >= 0.3 is 0 Å². The van der Waals surface area contributed by atoms with Crippen molar-refractivity contribution in [2.75, 3.05) is 20.1 Å². The van der Waals surface area contributed by atoms with Gasteiger partial charge in [0.15, 0.2) is 0 Å². The average Bonchev–Trinajstić information content (AvgIpc) is 2.36. The summed E-state index contributed by atoms with van der Waals surface area (Å²) in [6, 6.07) is 0. The van der Waals surface area contributed by atoms with Crippen LogP contribution in [0.25, 0.3) is 0 Å². The van der Waals surface area contributed by atoms with Crippen LogP contribution in [0.2, 0.25) is 0 Å². The molecule has 1 rings (SSSR count). The number of nitrogens with zero attached hydrogens (tertiary/aromatic N) is 1. The van der Waals surface area contributed by atoms with Crippen molar-refractivity contribution >= 4 is 18.3 Å². The van der Waals surface area contributed by atoms with E-state index < -0.39 is 0 Å². The molecular formula is C15H31ClN2O. The molecule has 0 spiro atoms. The van der Waals surface area contributed by atoms with Gasteiger partial charge in [-0.25, -0.2) is 0 Å². The Bertz CT molecular complexity index is 263. The molecule has 3 nitrogen and oxygen atoms in total. The quantitative estimate of drug-likeness (QED) is 0.816. The van der Waals surface area contributed by atoms with E-state index in [0.717, 1.165) is 18.9 Å². The molecule has 0 aromatic heterocycles. The highest BCUT2D eigenvalue weighted by molar-refractivity contribution is 5.85. The predicted molar refractivity (Wildman–Crippen MR) is 83.5 cm³/mol. The molecule has 19 heavy (non-hydrogen) atoms. The Morgan fingerprint density at radius 3 is 2.37 bits per heavy atom. The zero-order valence-corrected chi connectivity index (χ0v) is 13.6. The van der Waals surface area contributed by atoms with Crippen LogP contribution in [-0.4, -0.2) is 30.9 Å².